The molecule has 1 saturated heterocycles. The molecule has 1 aromatic rings. The monoisotopic (exact) mass is 381 g/mol. The molecule has 3 aliphatic rings. The van der Waals surface area contributed by atoms with E-state index in [0.29, 0.717) is 18.9 Å². The lowest BCUT2D eigenvalue weighted by atomic mass is 10.1. The Morgan fingerprint density at radius 2 is 2.00 bits per heavy atom. The van der Waals surface area contributed by atoms with Gasteiger partial charge in [-0.1, -0.05) is 18.2 Å². The van der Waals surface area contributed by atoms with E-state index in [1.165, 1.54) is 0 Å². The lowest BCUT2D eigenvalue weighted by Gasteiger charge is -2.37. The summed E-state index contributed by atoms with van der Waals surface area (Å²) in [5.41, 5.74) is 1.08. The van der Waals surface area contributed by atoms with E-state index in [-0.39, 0.29) is 5.91 Å². The molecule has 0 bridgehead atoms. The van der Waals surface area contributed by atoms with Gasteiger partial charge in [-0.15, -0.1) is 0 Å². The Kier molecular flexibility index (Phi) is 5.32. The van der Waals surface area contributed by atoms with Crippen LogP contribution in [-0.2, 0) is 11.2 Å². The van der Waals surface area contributed by atoms with Crippen LogP contribution in [-0.4, -0.2) is 78.7 Å². The first kappa shape index (κ1) is 18.5. The number of nitrogens with zero attached hydrogens (tertiary/aromatic N) is 5. The molecular weight excluding hydrogens is 354 g/mol. The predicted octanol–water partition coefficient (Wildman–Crippen LogP) is 1.76. The Morgan fingerprint density at radius 1 is 1.21 bits per heavy atom. The highest BCUT2D eigenvalue weighted by molar-refractivity contribution is 6.03. The molecular formula is C21H27N5O2. The summed E-state index contributed by atoms with van der Waals surface area (Å²) in [6.07, 6.45) is 5.15. The van der Waals surface area contributed by atoms with Crippen LogP contribution in [0.4, 0.5) is 0 Å². The van der Waals surface area contributed by atoms with Crippen molar-refractivity contribution in [3.63, 3.8) is 0 Å². The number of rotatable bonds is 5. The smallest absolute Gasteiger partial charge is 0.223 e. The van der Waals surface area contributed by atoms with Crippen molar-refractivity contribution in [1.29, 1.82) is 0 Å². The van der Waals surface area contributed by atoms with Gasteiger partial charge in [-0.3, -0.25) is 9.79 Å². The lowest BCUT2D eigenvalue weighted by molar-refractivity contribution is -0.132. The molecule has 7 heteroatoms. The third kappa shape index (κ3) is 3.74. The molecule has 0 N–H and O–H groups in total. The van der Waals surface area contributed by atoms with Crippen molar-refractivity contribution >= 4 is 18.1 Å². The Hall–Kier alpha value is -2.83. The van der Waals surface area contributed by atoms with Crippen LogP contribution in [0, 0.1) is 0 Å². The van der Waals surface area contributed by atoms with Gasteiger partial charge in [0.1, 0.15) is 17.4 Å². The first-order chi connectivity index (χ1) is 13.7. The summed E-state index contributed by atoms with van der Waals surface area (Å²) in [5, 5.41) is 0. The zero-order valence-corrected chi connectivity index (χ0v) is 16.5. The van der Waals surface area contributed by atoms with Gasteiger partial charge in [0, 0.05) is 38.7 Å². The van der Waals surface area contributed by atoms with Gasteiger partial charge < -0.3 is 19.4 Å². The summed E-state index contributed by atoms with van der Waals surface area (Å²) in [7, 11) is 1.67. The van der Waals surface area contributed by atoms with Crippen molar-refractivity contribution in [1.82, 2.24) is 14.7 Å². The van der Waals surface area contributed by atoms with Crippen LogP contribution >= 0.6 is 0 Å². The van der Waals surface area contributed by atoms with Gasteiger partial charge in [-0.25, -0.2) is 4.99 Å². The molecule has 0 unspecified atom stereocenters. The van der Waals surface area contributed by atoms with Gasteiger partial charge in [-0.2, -0.15) is 0 Å². The van der Waals surface area contributed by atoms with E-state index in [0.717, 1.165) is 55.7 Å². The number of hydrogen-bond acceptors (Lipinski definition) is 6. The molecule has 7 nitrogen and oxygen atoms in total. The van der Waals surface area contributed by atoms with Crippen molar-refractivity contribution in [3.8, 4) is 5.75 Å². The number of aliphatic imine (C=N–C) groups is 2. The number of benzene rings is 1. The lowest BCUT2D eigenvalue weighted by Crippen LogP contribution is -2.48. The van der Waals surface area contributed by atoms with Crippen molar-refractivity contribution in [2.45, 2.75) is 25.8 Å². The van der Waals surface area contributed by atoms with Gasteiger partial charge >= 0.3 is 0 Å². The van der Waals surface area contributed by atoms with E-state index in [2.05, 4.69) is 32.8 Å². The number of carbonyl (C=O) groups excluding carboxylic acids is 1. The van der Waals surface area contributed by atoms with Gasteiger partial charge in [0.25, 0.3) is 0 Å². The van der Waals surface area contributed by atoms with E-state index in [1.54, 1.807) is 7.11 Å². The molecule has 0 aliphatic carbocycles. The second kappa shape index (κ2) is 8.04. The molecule has 148 valence electrons. The van der Waals surface area contributed by atoms with Crippen molar-refractivity contribution in [2.24, 2.45) is 9.98 Å². The van der Waals surface area contributed by atoms with Gasteiger partial charge in [0.05, 0.1) is 26.0 Å². The highest BCUT2D eigenvalue weighted by Crippen LogP contribution is 2.21. The summed E-state index contributed by atoms with van der Waals surface area (Å²) < 4.78 is 5.38. The van der Waals surface area contributed by atoms with E-state index in [1.807, 2.05) is 35.5 Å². The number of para-hydroxylation sites is 1. The Labute approximate surface area is 166 Å². The van der Waals surface area contributed by atoms with E-state index in [4.69, 9.17) is 4.74 Å². The fourth-order valence-corrected chi connectivity index (χ4v) is 3.86. The number of ether oxygens (including phenoxy) is 1. The van der Waals surface area contributed by atoms with Gasteiger partial charge in [-0.05, 0) is 25.0 Å². The molecule has 0 aromatic heterocycles. The van der Waals surface area contributed by atoms with Crippen LogP contribution in [0.5, 0.6) is 5.75 Å². The molecule has 1 amide bonds. The van der Waals surface area contributed by atoms with Gasteiger partial charge in [0.2, 0.25) is 5.91 Å². The third-order valence-corrected chi connectivity index (χ3v) is 5.59. The summed E-state index contributed by atoms with van der Waals surface area (Å²) in [6.45, 7) is 6.02. The summed E-state index contributed by atoms with van der Waals surface area (Å²) >= 11 is 0. The highest BCUT2D eigenvalue weighted by atomic mass is 16.5. The number of methoxy groups -OCH3 is 1. The largest absolute Gasteiger partial charge is 0.496 e. The minimum absolute atomic E-state index is 0.201. The van der Waals surface area contributed by atoms with Crippen molar-refractivity contribution in [3.05, 3.63) is 41.7 Å². The van der Waals surface area contributed by atoms with Crippen molar-refractivity contribution < 1.29 is 9.53 Å². The third-order valence-electron chi connectivity index (χ3n) is 5.59. The number of fused-ring (bicyclic) bond motifs is 1. The Balaban J connectivity index is 1.29. The summed E-state index contributed by atoms with van der Waals surface area (Å²) in [6, 6.07) is 8.27. The van der Waals surface area contributed by atoms with E-state index in [9.17, 15) is 4.79 Å². The second-order valence-electron chi connectivity index (χ2n) is 7.38. The fraction of sp³-hybridized carbons (Fsp3) is 0.476. The number of carbonyl (C=O) groups is 1. The molecule has 3 heterocycles. The van der Waals surface area contributed by atoms with E-state index < -0.39 is 0 Å². The fourth-order valence-electron chi connectivity index (χ4n) is 3.86. The SMILES string of the molecule is COc1ccccc1CCC(=O)N1CCN(C2=CC3=NC[C@H](C)N3C=N2)CC1. The number of amides is 1. The predicted molar refractivity (Wildman–Crippen MR) is 110 cm³/mol. The first-order valence-corrected chi connectivity index (χ1v) is 9.89. The maximum atomic E-state index is 12.6. The molecule has 4 rings (SSSR count). The Bertz CT molecular complexity index is 824. The average molecular weight is 381 g/mol. The average Bonchev–Trinajstić information content (AvgIpc) is 3.12. The maximum absolute atomic E-state index is 12.6. The number of amidine groups is 1. The molecule has 3 aliphatic heterocycles. The normalized spacial score (nSPS) is 21.4. The maximum Gasteiger partial charge on any atom is 0.223 e. The second-order valence-corrected chi connectivity index (χ2v) is 7.38. The quantitative estimate of drug-likeness (QED) is 0.780. The zero-order chi connectivity index (χ0) is 19.5. The molecule has 0 saturated carbocycles. The van der Waals surface area contributed by atoms with Crippen LogP contribution in [0.25, 0.3) is 0 Å². The molecule has 28 heavy (non-hydrogen) atoms. The number of piperazine rings is 1. The van der Waals surface area contributed by atoms with Crippen LogP contribution in [0.15, 0.2) is 46.1 Å². The molecule has 1 fully saturated rings. The number of hydrogen-bond donors (Lipinski definition) is 0. The summed E-state index contributed by atoms with van der Waals surface area (Å²) in [4.78, 5) is 28.1. The minimum atomic E-state index is 0.201. The van der Waals surface area contributed by atoms with E-state index >= 15 is 0 Å². The van der Waals surface area contributed by atoms with Crippen LogP contribution in [0.3, 0.4) is 0 Å². The van der Waals surface area contributed by atoms with Crippen LogP contribution < -0.4 is 4.74 Å². The topological polar surface area (TPSA) is 60.7 Å². The Morgan fingerprint density at radius 3 is 2.79 bits per heavy atom. The molecule has 1 aromatic carbocycles. The van der Waals surface area contributed by atoms with Crippen LogP contribution in [0.2, 0.25) is 0 Å². The molecule has 0 spiro atoms. The summed E-state index contributed by atoms with van der Waals surface area (Å²) in [5.74, 6) is 2.99. The van der Waals surface area contributed by atoms with Gasteiger partial charge in [0.15, 0.2) is 0 Å². The van der Waals surface area contributed by atoms with Crippen LogP contribution in [0.1, 0.15) is 18.9 Å². The zero-order valence-electron chi connectivity index (χ0n) is 16.5. The first-order valence-electron chi connectivity index (χ1n) is 9.89. The molecule has 1 atom stereocenters. The number of aryl methyl sites for hydroxylation is 1. The standard InChI is InChI=1S/C21H27N5O2/c1-16-14-22-20-13-19(23-15-26(16)20)24-9-11-25(12-10-24)21(27)8-7-17-5-3-4-6-18(17)28-2/h3-6,13,15-16H,7-12,14H2,1-2H3/t16-/m0/s1. The minimum Gasteiger partial charge on any atom is -0.496 e. The highest BCUT2D eigenvalue weighted by Gasteiger charge is 2.28. The van der Waals surface area contributed by atoms with Crippen molar-refractivity contribution in [2.75, 3.05) is 39.8 Å². The molecule has 0 radical (unpaired) electrons.